The van der Waals surface area contributed by atoms with Crippen molar-refractivity contribution >= 4 is 17.6 Å². The number of carbonyl (C=O) groups is 1. The Hall–Kier alpha value is -2.00. The number of aryl methyl sites for hydroxylation is 1. The molecule has 1 aliphatic rings. The maximum atomic E-state index is 11.6. The summed E-state index contributed by atoms with van der Waals surface area (Å²) >= 11 is 6.29. The summed E-state index contributed by atoms with van der Waals surface area (Å²) in [4.78, 5) is 11.6. The molecule has 0 saturated heterocycles. The predicted molar refractivity (Wildman–Crippen MR) is 94.9 cm³/mol. The molecule has 3 nitrogen and oxygen atoms in total. The van der Waals surface area contributed by atoms with E-state index in [0.29, 0.717) is 28.7 Å². The Balaban J connectivity index is 1.81. The first-order valence-corrected chi connectivity index (χ1v) is 8.67. The molecular weight excluding hydrogens is 324 g/mol. The third kappa shape index (κ3) is 3.90. The Bertz CT molecular complexity index is 751. The summed E-state index contributed by atoms with van der Waals surface area (Å²) < 4.78 is 11.4. The highest BCUT2D eigenvalue weighted by atomic mass is 35.5. The highest BCUT2D eigenvalue weighted by Crippen LogP contribution is 2.45. The van der Waals surface area contributed by atoms with E-state index in [-0.39, 0.29) is 12.6 Å². The van der Waals surface area contributed by atoms with Crippen LogP contribution in [0.5, 0.6) is 11.5 Å². The molecule has 0 heterocycles. The van der Waals surface area contributed by atoms with E-state index in [1.165, 1.54) is 24.0 Å². The molecule has 2 aromatic rings. The van der Waals surface area contributed by atoms with Gasteiger partial charge in [0.2, 0.25) is 0 Å². The van der Waals surface area contributed by atoms with Crippen molar-refractivity contribution in [1.29, 1.82) is 0 Å². The van der Waals surface area contributed by atoms with E-state index in [4.69, 9.17) is 21.1 Å². The number of benzene rings is 2. The number of rotatable bonds is 6. The van der Waals surface area contributed by atoms with Gasteiger partial charge in [-0.15, -0.1) is 0 Å². The molecule has 1 saturated carbocycles. The van der Waals surface area contributed by atoms with Gasteiger partial charge in [-0.2, -0.15) is 0 Å². The molecule has 2 aromatic carbocycles. The Morgan fingerprint density at radius 2 is 2.00 bits per heavy atom. The standard InChI is InChI=1S/C20H21ClO3/c1-3-20(22)24-19-6-4-5-17(21)16(19)12-23-18-10-7-13(2)11-15(18)14-8-9-14/h4-7,10-11,14H,3,8-9,12H2,1-2H3. The Morgan fingerprint density at radius 3 is 2.71 bits per heavy atom. The zero-order chi connectivity index (χ0) is 17.1. The first-order valence-electron chi connectivity index (χ1n) is 8.30. The molecule has 1 fully saturated rings. The van der Waals surface area contributed by atoms with E-state index in [0.717, 1.165) is 5.75 Å². The van der Waals surface area contributed by atoms with Crippen molar-refractivity contribution in [3.63, 3.8) is 0 Å². The van der Waals surface area contributed by atoms with E-state index in [1.54, 1.807) is 25.1 Å². The van der Waals surface area contributed by atoms with E-state index in [9.17, 15) is 4.79 Å². The molecule has 24 heavy (non-hydrogen) atoms. The van der Waals surface area contributed by atoms with Crippen molar-refractivity contribution < 1.29 is 14.3 Å². The molecule has 0 bridgehead atoms. The van der Waals surface area contributed by atoms with Crippen molar-refractivity contribution in [3.8, 4) is 11.5 Å². The number of ether oxygens (including phenoxy) is 2. The monoisotopic (exact) mass is 344 g/mol. The fraction of sp³-hybridized carbons (Fsp3) is 0.350. The second-order valence-electron chi connectivity index (χ2n) is 6.15. The van der Waals surface area contributed by atoms with Gasteiger partial charge in [0.15, 0.2) is 0 Å². The van der Waals surface area contributed by atoms with Gasteiger partial charge >= 0.3 is 5.97 Å². The summed E-state index contributed by atoms with van der Waals surface area (Å²) in [6, 6.07) is 11.5. The summed E-state index contributed by atoms with van der Waals surface area (Å²) in [7, 11) is 0. The Labute approximate surface area is 147 Å². The molecule has 0 N–H and O–H groups in total. The average Bonchev–Trinajstić information content (AvgIpc) is 3.40. The summed E-state index contributed by atoms with van der Waals surface area (Å²) in [5.41, 5.74) is 3.19. The number of hydrogen-bond acceptors (Lipinski definition) is 3. The van der Waals surface area contributed by atoms with Crippen LogP contribution in [0.3, 0.4) is 0 Å². The van der Waals surface area contributed by atoms with Gasteiger partial charge < -0.3 is 9.47 Å². The molecule has 3 rings (SSSR count). The molecule has 0 aromatic heterocycles. The minimum Gasteiger partial charge on any atom is -0.488 e. The van der Waals surface area contributed by atoms with Crippen LogP contribution < -0.4 is 9.47 Å². The first kappa shape index (κ1) is 16.8. The number of halogens is 1. The lowest BCUT2D eigenvalue weighted by molar-refractivity contribution is -0.134. The van der Waals surface area contributed by atoms with Crippen LogP contribution in [0.1, 0.15) is 48.8 Å². The van der Waals surface area contributed by atoms with Gasteiger partial charge in [0, 0.05) is 6.42 Å². The summed E-state index contributed by atoms with van der Waals surface area (Å²) in [6.07, 6.45) is 2.74. The summed E-state index contributed by atoms with van der Waals surface area (Å²) in [5.74, 6) is 1.67. The van der Waals surface area contributed by atoms with Crippen molar-refractivity contribution in [1.82, 2.24) is 0 Å². The van der Waals surface area contributed by atoms with Crippen LogP contribution >= 0.6 is 11.6 Å². The number of hydrogen-bond donors (Lipinski definition) is 0. The highest BCUT2D eigenvalue weighted by Gasteiger charge is 2.27. The van der Waals surface area contributed by atoms with Gasteiger partial charge in [0.05, 0.1) is 10.6 Å². The maximum Gasteiger partial charge on any atom is 0.310 e. The third-order valence-electron chi connectivity index (χ3n) is 4.14. The quantitative estimate of drug-likeness (QED) is 0.518. The number of carbonyl (C=O) groups excluding carboxylic acids is 1. The fourth-order valence-corrected chi connectivity index (χ4v) is 2.85. The van der Waals surface area contributed by atoms with Gasteiger partial charge in [-0.3, -0.25) is 4.79 Å². The molecule has 0 atom stereocenters. The molecule has 0 spiro atoms. The van der Waals surface area contributed by atoms with Gasteiger partial charge in [0.25, 0.3) is 0 Å². The van der Waals surface area contributed by atoms with Gasteiger partial charge in [0.1, 0.15) is 18.1 Å². The molecular formula is C20H21ClO3. The summed E-state index contributed by atoms with van der Waals surface area (Å²) in [5, 5.41) is 0.538. The topological polar surface area (TPSA) is 35.5 Å². The lowest BCUT2D eigenvalue weighted by atomic mass is 10.1. The molecule has 0 amide bonds. The van der Waals surface area contributed by atoms with Crippen molar-refractivity contribution in [2.75, 3.05) is 0 Å². The fourth-order valence-electron chi connectivity index (χ4n) is 2.63. The average molecular weight is 345 g/mol. The van der Waals surface area contributed by atoms with Gasteiger partial charge in [-0.25, -0.2) is 0 Å². The van der Waals surface area contributed by atoms with Crippen LogP contribution in [0, 0.1) is 6.92 Å². The van der Waals surface area contributed by atoms with Crippen molar-refractivity contribution in [3.05, 3.63) is 58.1 Å². The minimum atomic E-state index is -0.285. The van der Waals surface area contributed by atoms with E-state index < -0.39 is 0 Å². The molecule has 4 heteroatoms. The summed E-state index contributed by atoms with van der Waals surface area (Å²) in [6.45, 7) is 4.12. The third-order valence-corrected chi connectivity index (χ3v) is 4.50. The molecule has 126 valence electrons. The SMILES string of the molecule is CCC(=O)Oc1cccc(Cl)c1COc1ccc(C)cc1C1CC1. The van der Waals surface area contributed by atoms with Crippen LogP contribution in [0.25, 0.3) is 0 Å². The Kier molecular flexibility index (Phi) is 5.10. The lowest BCUT2D eigenvalue weighted by Gasteiger charge is -2.15. The second-order valence-corrected chi connectivity index (χ2v) is 6.56. The lowest BCUT2D eigenvalue weighted by Crippen LogP contribution is -2.09. The van der Waals surface area contributed by atoms with Gasteiger partial charge in [-0.05, 0) is 49.4 Å². The van der Waals surface area contributed by atoms with E-state index in [2.05, 4.69) is 13.0 Å². The van der Waals surface area contributed by atoms with Crippen LogP contribution in [0.4, 0.5) is 0 Å². The first-order chi connectivity index (χ1) is 11.6. The van der Waals surface area contributed by atoms with Crippen molar-refractivity contribution in [2.24, 2.45) is 0 Å². The second kappa shape index (κ2) is 7.27. The predicted octanol–water partition coefficient (Wildman–Crippen LogP) is 5.42. The Morgan fingerprint density at radius 1 is 1.21 bits per heavy atom. The maximum absolute atomic E-state index is 11.6. The molecule has 0 radical (unpaired) electrons. The van der Waals surface area contributed by atoms with Crippen LogP contribution in [-0.4, -0.2) is 5.97 Å². The smallest absolute Gasteiger partial charge is 0.310 e. The van der Waals surface area contributed by atoms with Crippen LogP contribution in [-0.2, 0) is 11.4 Å². The zero-order valence-electron chi connectivity index (χ0n) is 14.0. The molecule has 1 aliphatic carbocycles. The minimum absolute atomic E-state index is 0.273. The van der Waals surface area contributed by atoms with Crippen LogP contribution in [0.2, 0.25) is 5.02 Å². The zero-order valence-corrected chi connectivity index (χ0v) is 14.7. The molecule has 0 unspecified atom stereocenters. The van der Waals surface area contributed by atoms with Crippen molar-refractivity contribution in [2.45, 2.75) is 45.6 Å². The number of esters is 1. The largest absolute Gasteiger partial charge is 0.488 e. The molecule has 0 aliphatic heterocycles. The normalized spacial score (nSPS) is 13.6. The van der Waals surface area contributed by atoms with Gasteiger partial charge in [-0.1, -0.05) is 42.3 Å². The van der Waals surface area contributed by atoms with E-state index in [1.807, 2.05) is 12.1 Å². The highest BCUT2D eigenvalue weighted by molar-refractivity contribution is 6.31. The van der Waals surface area contributed by atoms with E-state index >= 15 is 0 Å². The van der Waals surface area contributed by atoms with Crippen LogP contribution in [0.15, 0.2) is 36.4 Å².